The largest absolute Gasteiger partial charge is 0.453 e. The molecule has 8 heteroatoms. The zero-order chi connectivity index (χ0) is 18.1. The van der Waals surface area contributed by atoms with Crippen LogP contribution in [0.2, 0.25) is 0 Å². The van der Waals surface area contributed by atoms with E-state index in [1.165, 1.54) is 7.11 Å². The van der Waals surface area contributed by atoms with E-state index in [9.17, 15) is 14.4 Å². The minimum absolute atomic E-state index is 0.000116. The number of hydrogen-bond acceptors (Lipinski definition) is 5. The second-order valence-corrected chi connectivity index (χ2v) is 5.61. The summed E-state index contributed by atoms with van der Waals surface area (Å²) in [6.07, 6.45) is -0.712. The molecular weight excluding hydrogens is 312 g/mol. The molecule has 0 radical (unpaired) electrons. The van der Waals surface area contributed by atoms with E-state index >= 15 is 0 Å². The Hall–Kier alpha value is -2.77. The molecular formula is C16H24N4O4. The SMILES string of the molecule is COC(=O)N[C@H](C(=O)NNC(=O)CNc1ccc(C)cc1)C(C)C. The van der Waals surface area contributed by atoms with Crippen molar-refractivity contribution in [2.45, 2.75) is 26.8 Å². The smallest absolute Gasteiger partial charge is 0.407 e. The Morgan fingerprint density at radius 1 is 1.08 bits per heavy atom. The van der Waals surface area contributed by atoms with Gasteiger partial charge in [0.15, 0.2) is 0 Å². The van der Waals surface area contributed by atoms with Crippen LogP contribution in [0.1, 0.15) is 19.4 Å². The molecule has 0 aromatic heterocycles. The average Bonchev–Trinajstić information content (AvgIpc) is 2.56. The summed E-state index contributed by atoms with van der Waals surface area (Å²) >= 11 is 0. The van der Waals surface area contributed by atoms with Crippen LogP contribution in [0.25, 0.3) is 0 Å². The standard InChI is InChI=1S/C16H24N4O4/c1-10(2)14(18-16(23)24-4)15(22)20-19-13(21)9-17-12-7-5-11(3)6-8-12/h5-8,10,14,17H,9H2,1-4H3,(H,18,23)(H,19,21)(H,20,22)/t14-/m0/s1. The van der Waals surface area contributed by atoms with Gasteiger partial charge in [0.2, 0.25) is 0 Å². The van der Waals surface area contributed by atoms with E-state index in [2.05, 4.69) is 26.2 Å². The van der Waals surface area contributed by atoms with Crippen LogP contribution < -0.4 is 21.5 Å². The van der Waals surface area contributed by atoms with Crippen molar-refractivity contribution in [1.82, 2.24) is 16.2 Å². The lowest BCUT2D eigenvalue weighted by Gasteiger charge is -2.21. The first kappa shape index (κ1) is 19.3. The average molecular weight is 336 g/mol. The number of ether oxygens (including phenoxy) is 1. The van der Waals surface area contributed by atoms with Gasteiger partial charge in [-0.2, -0.15) is 0 Å². The van der Waals surface area contributed by atoms with Crippen LogP contribution >= 0.6 is 0 Å². The van der Waals surface area contributed by atoms with Gasteiger partial charge in [0.1, 0.15) is 6.04 Å². The third kappa shape index (κ3) is 6.55. The van der Waals surface area contributed by atoms with Crippen LogP contribution in [0.3, 0.4) is 0 Å². The number of amides is 3. The van der Waals surface area contributed by atoms with E-state index in [1.807, 2.05) is 31.2 Å². The molecule has 4 N–H and O–H groups in total. The molecule has 1 aromatic carbocycles. The molecule has 0 saturated carbocycles. The van der Waals surface area contributed by atoms with Gasteiger partial charge >= 0.3 is 6.09 Å². The van der Waals surface area contributed by atoms with Crippen molar-refractivity contribution in [2.24, 2.45) is 5.92 Å². The number of rotatable bonds is 6. The maximum atomic E-state index is 12.0. The number of hydrazine groups is 1. The van der Waals surface area contributed by atoms with E-state index in [1.54, 1.807) is 13.8 Å². The fraction of sp³-hybridized carbons (Fsp3) is 0.438. The molecule has 0 fully saturated rings. The molecule has 1 rings (SSSR count). The summed E-state index contributed by atoms with van der Waals surface area (Å²) in [4.78, 5) is 35.0. The maximum Gasteiger partial charge on any atom is 0.407 e. The highest BCUT2D eigenvalue weighted by atomic mass is 16.5. The van der Waals surface area contributed by atoms with Crippen molar-refractivity contribution >= 4 is 23.6 Å². The highest BCUT2D eigenvalue weighted by Crippen LogP contribution is 2.07. The van der Waals surface area contributed by atoms with Gasteiger partial charge in [-0.15, -0.1) is 0 Å². The lowest BCUT2D eigenvalue weighted by molar-refractivity contribution is -0.129. The third-order valence-corrected chi connectivity index (χ3v) is 3.24. The third-order valence-electron chi connectivity index (χ3n) is 3.24. The van der Waals surface area contributed by atoms with E-state index in [-0.39, 0.29) is 12.5 Å². The van der Waals surface area contributed by atoms with E-state index in [0.29, 0.717) is 0 Å². The summed E-state index contributed by atoms with van der Waals surface area (Å²) in [5.41, 5.74) is 6.51. The van der Waals surface area contributed by atoms with Gasteiger partial charge in [-0.1, -0.05) is 31.5 Å². The zero-order valence-electron chi connectivity index (χ0n) is 14.3. The van der Waals surface area contributed by atoms with Crippen LogP contribution in [-0.4, -0.2) is 37.6 Å². The number of hydrogen-bond donors (Lipinski definition) is 4. The summed E-state index contributed by atoms with van der Waals surface area (Å²) in [6, 6.07) is 6.75. The highest BCUT2D eigenvalue weighted by molar-refractivity contribution is 5.88. The molecule has 3 amide bonds. The van der Waals surface area contributed by atoms with Crippen LogP contribution in [0.4, 0.5) is 10.5 Å². The summed E-state index contributed by atoms with van der Waals surface area (Å²) in [7, 11) is 1.21. The fourth-order valence-corrected chi connectivity index (χ4v) is 1.83. The topological polar surface area (TPSA) is 109 Å². The number of aryl methyl sites for hydroxylation is 1. The van der Waals surface area contributed by atoms with E-state index in [0.717, 1.165) is 11.3 Å². The monoisotopic (exact) mass is 336 g/mol. The minimum Gasteiger partial charge on any atom is -0.453 e. The van der Waals surface area contributed by atoms with Crippen molar-refractivity contribution in [3.8, 4) is 0 Å². The van der Waals surface area contributed by atoms with E-state index < -0.39 is 23.9 Å². The number of methoxy groups -OCH3 is 1. The van der Waals surface area contributed by atoms with Crippen LogP contribution in [0.15, 0.2) is 24.3 Å². The predicted molar refractivity (Wildman–Crippen MR) is 90.1 cm³/mol. The Morgan fingerprint density at radius 2 is 1.71 bits per heavy atom. The Kier molecular flexibility index (Phi) is 7.54. The normalized spacial score (nSPS) is 11.4. The molecule has 24 heavy (non-hydrogen) atoms. The zero-order valence-corrected chi connectivity index (χ0v) is 14.3. The van der Waals surface area contributed by atoms with E-state index in [4.69, 9.17) is 0 Å². The summed E-state index contributed by atoms with van der Waals surface area (Å²) in [5.74, 6) is -1.12. The number of nitrogens with one attached hydrogen (secondary N) is 4. The first-order valence-electron chi connectivity index (χ1n) is 7.57. The highest BCUT2D eigenvalue weighted by Gasteiger charge is 2.24. The quantitative estimate of drug-likeness (QED) is 0.578. The Labute approximate surface area is 141 Å². The molecule has 1 aromatic rings. The second-order valence-electron chi connectivity index (χ2n) is 5.61. The van der Waals surface area contributed by atoms with Gasteiger partial charge in [-0.3, -0.25) is 20.4 Å². The molecule has 0 aliphatic rings. The molecule has 0 spiro atoms. The molecule has 8 nitrogen and oxygen atoms in total. The number of carbonyl (C=O) groups excluding carboxylic acids is 3. The maximum absolute atomic E-state index is 12.0. The number of alkyl carbamates (subject to hydrolysis) is 1. The molecule has 132 valence electrons. The number of anilines is 1. The molecule has 0 saturated heterocycles. The van der Waals surface area contributed by atoms with Gasteiger partial charge in [0, 0.05) is 5.69 Å². The van der Waals surface area contributed by atoms with Crippen molar-refractivity contribution in [2.75, 3.05) is 19.0 Å². The van der Waals surface area contributed by atoms with Crippen molar-refractivity contribution in [3.63, 3.8) is 0 Å². The van der Waals surface area contributed by atoms with Gasteiger partial charge in [-0.25, -0.2) is 4.79 Å². The van der Waals surface area contributed by atoms with Crippen LogP contribution in [-0.2, 0) is 14.3 Å². The minimum atomic E-state index is -0.817. The molecule has 0 unspecified atom stereocenters. The first-order valence-corrected chi connectivity index (χ1v) is 7.57. The number of benzene rings is 1. The van der Waals surface area contributed by atoms with Crippen LogP contribution in [0, 0.1) is 12.8 Å². The second kappa shape index (κ2) is 9.39. The van der Waals surface area contributed by atoms with Gasteiger partial charge in [-0.05, 0) is 25.0 Å². The van der Waals surface area contributed by atoms with Gasteiger partial charge < -0.3 is 15.4 Å². The number of carbonyl (C=O) groups is 3. The Balaban J connectivity index is 2.42. The van der Waals surface area contributed by atoms with Crippen molar-refractivity contribution in [1.29, 1.82) is 0 Å². The first-order chi connectivity index (χ1) is 11.3. The van der Waals surface area contributed by atoms with Gasteiger partial charge in [0.05, 0.1) is 13.7 Å². The Morgan fingerprint density at radius 3 is 2.25 bits per heavy atom. The molecule has 1 atom stereocenters. The lowest BCUT2D eigenvalue weighted by Crippen LogP contribution is -2.55. The summed E-state index contributed by atoms with van der Waals surface area (Å²) in [5, 5.41) is 5.35. The molecule has 0 bridgehead atoms. The molecule has 0 aliphatic carbocycles. The molecule has 0 aliphatic heterocycles. The fourth-order valence-electron chi connectivity index (χ4n) is 1.83. The Bertz CT molecular complexity index is 572. The van der Waals surface area contributed by atoms with Gasteiger partial charge in [0.25, 0.3) is 11.8 Å². The van der Waals surface area contributed by atoms with Crippen molar-refractivity contribution < 1.29 is 19.1 Å². The summed E-state index contributed by atoms with van der Waals surface area (Å²) < 4.78 is 4.48. The van der Waals surface area contributed by atoms with Crippen LogP contribution in [0.5, 0.6) is 0 Å². The predicted octanol–water partition coefficient (Wildman–Crippen LogP) is 0.935. The lowest BCUT2D eigenvalue weighted by atomic mass is 10.0. The summed E-state index contributed by atoms with van der Waals surface area (Å²) in [6.45, 7) is 5.50. The molecule has 0 heterocycles. The van der Waals surface area contributed by atoms with Crippen molar-refractivity contribution in [3.05, 3.63) is 29.8 Å².